The van der Waals surface area contributed by atoms with E-state index in [1.165, 1.54) is 347 Å². The van der Waals surface area contributed by atoms with Crippen LogP contribution in [0.5, 0.6) is 0 Å². The summed E-state index contributed by atoms with van der Waals surface area (Å²) in [6, 6.07) is -0.539. The molecule has 6 nitrogen and oxygen atoms in total. The smallest absolute Gasteiger partial charge is 0.305 e. The zero-order valence-corrected chi connectivity index (χ0v) is 57.6. The summed E-state index contributed by atoms with van der Waals surface area (Å²) in [6.07, 6.45) is 96.6. The van der Waals surface area contributed by atoms with E-state index in [-0.39, 0.29) is 18.5 Å². The van der Waals surface area contributed by atoms with Gasteiger partial charge in [-0.15, -0.1) is 0 Å². The first kappa shape index (κ1) is 83.1. The number of allylic oxidation sites excluding steroid dienone is 6. The van der Waals surface area contributed by atoms with E-state index >= 15 is 0 Å². The molecule has 3 N–H and O–H groups in total. The molecule has 2 unspecified atom stereocenters. The fourth-order valence-electron chi connectivity index (χ4n) is 12.3. The van der Waals surface area contributed by atoms with E-state index in [2.05, 4.69) is 55.6 Å². The van der Waals surface area contributed by atoms with E-state index in [9.17, 15) is 19.8 Å². The second kappa shape index (κ2) is 74.5. The van der Waals surface area contributed by atoms with Crippen molar-refractivity contribution in [3.63, 3.8) is 0 Å². The van der Waals surface area contributed by atoms with Crippen LogP contribution < -0.4 is 5.32 Å². The molecule has 0 rings (SSSR count). The molecule has 6 heteroatoms. The molecule has 0 aromatic heterocycles. The minimum atomic E-state index is -0.662. The van der Waals surface area contributed by atoms with E-state index in [0.717, 1.165) is 51.4 Å². The van der Waals surface area contributed by atoms with Crippen molar-refractivity contribution in [1.82, 2.24) is 5.32 Å². The van der Waals surface area contributed by atoms with Crippen molar-refractivity contribution in [1.29, 1.82) is 0 Å². The molecule has 0 bridgehead atoms. The summed E-state index contributed by atoms with van der Waals surface area (Å²) in [6.45, 7) is 4.97. The topological polar surface area (TPSA) is 95.9 Å². The maximum atomic E-state index is 12.5. The Hall–Kier alpha value is -1.92. The summed E-state index contributed by atoms with van der Waals surface area (Å²) in [5.74, 6) is -0.0149. The quantitative estimate of drug-likeness (QED) is 0.0320. The number of hydrogen-bond acceptors (Lipinski definition) is 5. The molecular weight excluding hydrogens is 1040 g/mol. The second-order valence-electron chi connectivity index (χ2n) is 26.7. The molecule has 502 valence electrons. The van der Waals surface area contributed by atoms with Crippen molar-refractivity contribution < 1.29 is 24.5 Å². The highest BCUT2D eigenvalue weighted by atomic mass is 16.5. The highest BCUT2D eigenvalue weighted by molar-refractivity contribution is 5.76. The monoisotopic (exact) mass is 1190 g/mol. The number of ether oxygens (including phenoxy) is 1. The SMILES string of the molecule is CCCCC/C=C\C/C=C\CCCCCCCCCC(=O)OCCCCCCCCCCCCCCCC/C=C\CCCCCCCCCCCCCCCCCCCC(=O)NC(CO)C(O)CCCCCCCCCCCCCCCCCC. The maximum Gasteiger partial charge on any atom is 0.305 e. The Morgan fingerprint density at radius 3 is 0.929 bits per heavy atom. The molecule has 0 aliphatic heterocycles. The Morgan fingerprint density at radius 2 is 0.588 bits per heavy atom. The van der Waals surface area contributed by atoms with Crippen LogP contribution in [0, 0.1) is 0 Å². The molecule has 0 saturated heterocycles. The van der Waals surface area contributed by atoms with Crippen LogP contribution in [0.25, 0.3) is 0 Å². The summed E-state index contributed by atoms with van der Waals surface area (Å²) in [4.78, 5) is 24.6. The van der Waals surface area contributed by atoms with Gasteiger partial charge < -0.3 is 20.3 Å². The molecule has 0 heterocycles. The normalized spacial score (nSPS) is 12.7. The predicted molar refractivity (Wildman–Crippen MR) is 375 cm³/mol. The van der Waals surface area contributed by atoms with Crippen molar-refractivity contribution in [3.8, 4) is 0 Å². The Morgan fingerprint density at radius 1 is 0.329 bits per heavy atom. The Balaban J connectivity index is 3.33. The van der Waals surface area contributed by atoms with Gasteiger partial charge in [-0.05, 0) is 83.5 Å². The lowest BCUT2D eigenvalue weighted by molar-refractivity contribution is -0.143. The third-order valence-electron chi connectivity index (χ3n) is 18.2. The number of rotatable bonds is 73. The highest BCUT2D eigenvalue weighted by Crippen LogP contribution is 2.19. The van der Waals surface area contributed by atoms with Crippen LogP contribution in [-0.4, -0.2) is 47.4 Å². The number of carbonyl (C=O) groups is 2. The summed E-state index contributed by atoms with van der Waals surface area (Å²) in [5, 5.41) is 23.4. The van der Waals surface area contributed by atoms with Gasteiger partial charge in [-0.25, -0.2) is 0 Å². The zero-order valence-electron chi connectivity index (χ0n) is 57.6. The molecule has 0 radical (unpaired) electrons. The van der Waals surface area contributed by atoms with Gasteiger partial charge in [-0.2, -0.15) is 0 Å². The number of unbranched alkanes of at least 4 members (excludes halogenated alkanes) is 56. The number of hydrogen-bond donors (Lipinski definition) is 3. The van der Waals surface area contributed by atoms with Crippen molar-refractivity contribution in [2.45, 2.75) is 443 Å². The van der Waals surface area contributed by atoms with E-state index in [4.69, 9.17) is 4.74 Å². The van der Waals surface area contributed by atoms with Gasteiger partial charge in [-0.3, -0.25) is 9.59 Å². The van der Waals surface area contributed by atoms with Crippen LogP contribution in [0.1, 0.15) is 431 Å². The number of esters is 1. The van der Waals surface area contributed by atoms with E-state index in [1.807, 2.05) is 0 Å². The van der Waals surface area contributed by atoms with Gasteiger partial charge in [0.1, 0.15) is 0 Å². The molecule has 85 heavy (non-hydrogen) atoms. The number of aliphatic hydroxyl groups excluding tert-OH is 2. The van der Waals surface area contributed by atoms with Gasteiger partial charge in [0, 0.05) is 12.8 Å². The Labute approximate surface area is 532 Å². The molecule has 2 atom stereocenters. The third kappa shape index (κ3) is 71.0. The van der Waals surface area contributed by atoms with Crippen LogP contribution in [0.3, 0.4) is 0 Å². The predicted octanol–water partition coefficient (Wildman–Crippen LogP) is 25.4. The van der Waals surface area contributed by atoms with Crippen LogP contribution in [0.4, 0.5) is 0 Å². The first-order valence-electron chi connectivity index (χ1n) is 38.7. The van der Waals surface area contributed by atoms with E-state index in [1.54, 1.807) is 0 Å². The fourth-order valence-corrected chi connectivity index (χ4v) is 12.3. The van der Waals surface area contributed by atoms with Crippen LogP contribution in [-0.2, 0) is 14.3 Å². The number of carbonyl (C=O) groups excluding carboxylic acids is 2. The maximum absolute atomic E-state index is 12.5. The number of nitrogens with one attached hydrogen (secondary N) is 1. The summed E-state index contributed by atoms with van der Waals surface area (Å²) in [7, 11) is 0. The number of amides is 1. The van der Waals surface area contributed by atoms with E-state index < -0.39 is 12.1 Å². The van der Waals surface area contributed by atoms with Gasteiger partial charge in [0.2, 0.25) is 5.91 Å². The molecule has 0 aliphatic carbocycles. The minimum Gasteiger partial charge on any atom is -0.466 e. The lowest BCUT2D eigenvalue weighted by atomic mass is 10.0. The average molecular weight is 1200 g/mol. The first-order valence-corrected chi connectivity index (χ1v) is 38.7. The third-order valence-corrected chi connectivity index (χ3v) is 18.2. The molecule has 0 aliphatic rings. The molecular formula is C79H151NO5. The van der Waals surface area contributed by atoms with Crippen molar-refractivity contribution in [2.24, 2.45) is 0 Å². The molecule has 0 spiro atoms. The second-order valence-corrected chi connectivity index (χ2v) is 26.7. The fraction of sp³-hybridized carbons (Fsp3) is 0.899. The van der Waals surface area contributed by atoms with Gasteiger partial charge >= 0.3 is 5.97 Å². The minimum absolute atomic E-state index is 0.0130. The molecule has 1 amide bonds. The molecule has 0 saturated carbocycles. The van der Waals surface area contributed by atoms with Crippen LogP contribution >= 0.6 is 0 Å². The average Bonchev–Trinajstić information content (AvgIpc) is 3.51. The van der Waals surface area contributed by atoms with Crippen molar-refractivity contribution >= 4 is 11.9 Å². The van der Waals surface area contributed by atoms with Crippen molar-refractivity contribution in [3.05, 3.63) is 36.5 Å². The Kier molecular flexibility index (Phi) is 72.9. The highest BCUT2D eigenvalue weighted by Gasteiger charge is 2.20. The first-order chi connectivity index (χ1) is 42.0. The van der Waals surface area contributed by atoms with Gasteiger partial charge in [0.25, 0.3) is 0 Å². The lowest BCUT2D eigenvalue weighted by Gasteiger charge is -2.22. The Bertz CT molecular complexity index is 1380. The molecule has 0 aromatic rings. The largest absolute Gasteiger partial charge is 0.466 e. The summed E-state index contributed by atoms with van der Waals surface area (Å²) >= 11 is 0. The van der Waals surface area contributed by atoms with Gasteiger partial charge in [0.05, 0.1) is 25.4 Å². The van der Waals surface area contributed by atoms with Gasteiger partial charge in [-0.1, -0.05) is 371 Å². The molecule has 0 fully saturated rings. The number of aliphatic hydroxyl groups is 2. The lowest BCUT2D eigenvalue weighted by Crippen LogP contribution is -2.45. The summed E-state index contributed by atoms with van der Waals surface area (Å²) < 4.78 is 5.50. The van der Waals surface area contributed by atoms with Crippen molar-refractivity contribution in [2.75, 3.05) is 13.2 Å². The van der Waals surface area contributed by atoms with Gasteiger partial charge in [0.15, 0.2) is 0 Å². The standard InChI is InChI=1S/C79H151NO5/c1-3-5-7-9-11-13-15-17-19-40-45-49-53-57-61-65-69-73-79(84)85-74-70-66-62-58-54-50-46-42-39-37-35-33-31-29-27-25-23-21-22-24-26-28-30-32-34-36-38-41-44-48-52-56-60-64-68-72-78(83)80-76(75-81)77(82)71-67-63-59-55-51-47-43-20-18-16-14-12-10-8-6-4-2/h11,13,17,19,23,25,76-77,81-82H,3-10,12,14-16,18,20-22,24,26-75H2,1-2H3,(H,80,83)/b13-11-,19-17-,25-23-. The van der Waals surface area contributed by atoms with Crippen LogP contribution in [0.15, 0.2) is 36.5 Å². The zero-order chi connectivity index (χ0) is 61.3. The summed E-state index contributed by atoms with van der Waals surface area (Å²) in [5.41, 5.74) is 0. The van der Waals surface area contributed by atoms with Crippen LogP contribution in [0.2, 0.25) is 0 Å². The van der Waals surface area contributed by atoms with E-state index in [0.29, 0.717) is 25.9 Å². The molecule has 0 aromatic carbocycles.